The lowest BCUT2D eigenvalue weighted by Crippen LogP contribution is -2.53. The average Bonchev–Trinajstić information content (AvgIpc) is 3.15. The van der Waals surface area contributed by atoms with Gasteiger partial charge in [-0.1, -0.05) is 17.7 Å². The molecule has 2 aliphatic rings. The van der Waals surface area contributed by atoms with Crippen molar-refractivity contribution in [1.82, 2.24) is 4.31 Å². The molecule has 2 aromatic rings. The van der Waals surface area contributed by atoms with Crippen LogP contribution in [0.1, 0.15) is 25.3 Å². The topological polar surface area (TPSA) is 60.9 Å². The normalized spacial score (nSPS) is 21.0. The molecular weight excluding hydrogens is 386 g/mol. The van der Waals surface area contributed by atoms with Crippen molar-refractivity contribution in [3.8, 4) is 0 Å². The van der Waals surface area contributed by atoms with Gasteiger partial charge in [0.1, 0.15) is 0 Å². The minimum absolute atomic E-state index is 0.0859. The molecule has 2 fully saturated rings. The Kier molecular flexibility index (Phi) is 5.36. The Morgan fingerprint density at radius 3 is 2.14 bits per heavy atom. The van der Waals surface area contributed by atoms with Crippen molar-refractivity contribution >= 4 is 27.3 Å². The third-order valence-electron chi connectivity index (χ3n) is 5.82. The zero-order valence-electron chi connectivity index (χ0n) is 16.9. The molecule has 0 saturated carbocycles. The number of piperazine rings is 1. The molecule has 154 valence electrons. The van der Waals surface area contributed by atoms with Crippen molar-refractivity contribution < 1.29 is 13.2 Å². The predicted molar refractivity (Wildman–Crippen MR) is 115 cm³/mol. The van der Waals surface area contributed by atoms with E-state index < -0.39 is 10.0 Å². The van der Waals surface area contributed by atoms with Crippen LogP contribution in [-0.4, -0.2) is 50.9 Å². The number of hydrogen-bond donors (Lipinski definition) is 0. The maximum atomic E-state index is 13.1. The van der Waals surface area contributed by atoms with Crippen LogP contribution in [0, 0.1) is 6.92 Å². The number of amides is 1. The third kappa shape index (κ3) is 3.89. The van der Waals surface area contributed by atoms with Crippen LogP contribution in [0.2, 0.25) is 0 Å². The van der Waals surface area contributed by atoms with Crippen LogP contribution in [0.15, 0.2) is 53.4 Å². The summed E-state index contributed by atoms with van der Waals surface area (Å²) < 4.78 is 27.9. The lowest BCUT2D eigenvalue weighted by Gasteiger charge is -2.40. The maximum Gasteiger partial charge on any atom is 0.243 e. The number of carbonyl (C=O) groups excluding carboxylic acids is 1. The highest BCUT2D eigenvalue weighted by Gasteiger charge is 2.32. The summed E-state index contributed by atoms with van der Waals surface area (Å²) in [6, 6.07) is 15.1. The van der Waals surface area contributed by atoms with E-state index in [9.17, 15) is 13.2 Å². The number of anilines is 2. The summed E-state index contributed by atoms with van der Waals surface area (Å²) in [6.07, 6.45) is 1.41. The molecular formula is C22H27N3O3S. The zero-order chi connectivity index (χ0) is 20.6. The first-order valence-electron chi connectivity index (χ1n) is 10.1. The van der Waals surface area contributed by atoms with Gasteiger partial charge >= 0.3 is 0 Å². The van der Waals surface area contributed by atoms with Crippen LogP contribution in [0.3, 0.4) is 0 Å². The Labute approximate surface area is 172 Å². The fraction of sp³-hybridized carbons (Fsp3) is 0.409. The van der Waals surface area contributed by atoms with E-state index in [0.717, 1.165) is 17.8 Å². The summed E-state index contributed by atoms with van der Waals surface area (Å²) in [5.41, 5.74) is 3.10. The Balaban J connectivity index is 1.48. The molecule has 2 aromatic carbocycles. The van der Waals surface area contributed by atoms with Gasteiger partial charge in [-0.3, -0.25) is 4.79 Å². The van der Waals surface area contributed by atoms with Crippen molar-refractivity contribution in [1.29, 1.82) is 0 Å². The molecule has 2 saturated heterocycles. The second kappa shape index (κ2) is 7.80. The van der Waals surface area contributed by atoms with E-state index in [2.05, 4.69) is 43.0 Å². The van der Waals surface area contributed by atoms with Gasteiger partial charge in [-0.05, 0) is 56.7 Å². The van der Waals surface area contributed by atoms with Gasteiger partial charge in [0.15, 0.2) is 0 Å². The lowest BCUT2D eigenvalue weighted by atomic mass is 10.1. The standard InChI is InChI=1S/C22H27N3O3S/c1-17-5-7-19(8-6-17)24-15-14-23(16-18(24)2)29(27,28)21-11-9-20(10-12-21)25-13-3-4-22(25)26/h5-12,18H,3-4,13-16H2,1-2H3/t18-/m0/s1. The molecule has 0 bridgehead atoms. The van der Waals surface area contributed by atoms with Crippen molar-refractivity contribution in [3.63, 3.8) is 0 Å². The van der Waals surface area contributed by atoms with Gasteiger partial charge in [-0.15, -0.1) is 0 Å². The SMILES string of the molecule is Cc1ccc(N2CCN(S(=O)(=O)c3ccc(N4CCCC4=O)cc3)C[C@@H]2C)cc1. The summed E-state index contributed by atoms with van der Waals surface area (Å²) >= 11 is 0. The van der Waals surface area contributed by atoms with Gasteiger partial charge < -0.3 is 9.80 Å². The van der Waals surface area contributed by atoms with Crippen LogP contribution in [0.5, 0.6) is 0 Å². The lowest BCUT2D eigenvalue weighted by molar-refractivity contribution is -0.117. The van der Waals surface area contributed by atoms with Crippen LogP contribution < -0.4 is 9.80 Å². The van der Waals surface area contributed by atoms with Gasteiger partial charge in [0.2, 0.25) is 15.9 Å². The molecule has 6 nitrogen and oxygen atoms in total. The maximum absolute atomic E-state index is 13.1. The molecule has 1 amide bonds. The minimum Gasteiger partial charge on any atom is -0.366 e. The average molecular weight is 414 g/mol. The first-order chi connectivity index (χ1) is 13.9. The first kappa shape index (κ1) is 19.9. The molecule has 1 atom stereocenters. The van der Waals surface area contributed by atoms with Crippen LogP contribution in [-0.2, 0) is 14.8 Å². The van der Waals surface area contributed by atoms with E-state index in [-0.39, 0.29) is 16.8 Å². The molecule has 0 unspecified atom stereocenters. The molecule has 0 aromatic heterocycles. The van der Waals surface area contributed by atoms with E-state index in [1.165, 1.54) is 5.56 Å². The van der Waals surface area contributed by atoms with Gasteiger partial charge in [-0.2, -0.15) is 4.31 Å². The number of nitrogens with zero attached hydrogens (tertiary/aromatic N) is 3. The van der Waals surface area contributed by atoms with Crippen molar-refractivity contribution in [2.45, 2.75) is 37.6 Å². The Morgan fingerprint density at radius 1 is 0.897 bits per heavy atom. The Morgan fingerprint density at radius 2 is 1.55 bits per heavy atom. The van der Waals surface area contributed by atoms with Crippen molar-refractivity contribution in [2.24, 2.45) is 0 Å². The van der Waals surface area contributed by atoms with Gasteiger partial charge in [-0.25, -0.2) is 8.42 Å². The molecule has 2 heterocycles. The summed E-state index contributed by atoms with van der Waals surface area (Å²) in [5, 5.41) is 0. The minimum atomic E-state index is -3.56. The predicted octanol–water partition coefficient (Wildman–Crippen LogP) is 3.02. The van der Waals surface area contributed by atoms with Crippen LogP contribution in [0.4, 0.5) is 11.4 Å². The molecule has 4 rings (SSSR count). The summed E-state index contributed by atoms with van der Waals surface area (Å²) in [7, 11) is -3.56. The molecule has 0 N–H and O–H groups in total. The van der Waals surface area contributed by atoms with Gasteiger partial charge in [0.05, 0.1) is 4.90 Å². The number of benzene rings is 2. The van der Waals surface area contributed by atoms with Crippen LogP contribution in [0.25, 0.3) is 0 Å². The van der Waals surface area contributed by atoms with E-state index in [1.807, 2.05) is 0 Å². The fourth-order valence-corrected chi connectivity index (χ4v) is 5.64. The zero-order valence-corrected chi connectivity index (χ0v) is 17.7. The van der Waals surface area contributed by atoms with Gasteiger partial charge in [0, 0.05) is 50.0 Å². The Hall–Kier alpha value is -2.38. The highest BCUT2D eigenvalue weighted by Crippen LogP contribution is 2.27. The summed E-state index contributed by atoms with van der Waals surface area (Å²) in [5.74, 6) is 0.0988. The molecule has 0 radical (unpaired) electrons. The Bertz CT molecular complexity index is 987. The molecule has 0 spiro atoms. The van der Waals surface area contributed by atoms with Crippen LogP contribution >= 0.6 is 0 Å². The van der Waals surface area contributed by atoms with E-state index in [4.69, 9.17) is 0 Å². The molecule has 7 heteroatoms. The highest BCUT2D eigenvalue weighted by molar-refractivity contribution is 7.89. The number of hydrogen-bond acceptors (Lipinski definition) is 4. The first-order valence-corrected chi connectivity index (χ1v) is 11.5. The highest BCUT2D eigenvalue weighted by atomic mass is 32.2. The number of carbonyl (C=O) groups is 1. The fourth-order valence-electron chi connectivity index (χ4n) is 4.13. The second-order valence-electron chi connectivity index (χ2n) is 7.88. The third-order valence-corrected chi connectivity index (χ3v) is 7.69. The number of rotatable bonds is 4. The second-order valence-corrected chi connectivity index (χ2v) is 9.82. The van der Waals surface area contributed by atoms with Crippen molar-refractivity contribution in [2.75, 3.05) is 36.0 Å². The largest absolute Gasteiger partial charge is 0.366 e. The van der Waals surface area contributed by atoms with E-state index in [1.54, 1.807) is 33.5 Å². The van der Waals surface area contributed by atoms with E-state index >= 15 is 0 Å². The molecule has 0 aliphatic carbocycles. The van der Waals surface area contributed by atoms with Crippen molar-refractivity contribution in [3.05, 3.63) is 54.1 Å². The quantitative estimate of drug-likeness (QED) is 0.773. The molecule has 29 heavy (non-hydrogen) atoms. The monoisotopic (exact) mass is 413 g/mol. The smallest absolute Gasteiger partial charge is 0.243 e. The number of aryl methyl sites for hydroxylation is 1. The number of sulfonamides is 1. The van der Waals surface area contributed by atoms with Gasteiger partial charge in [0.25, 0.3) is 0 Å². The van der Waals surface area contributed by atoms with E-state index in [0.29, 0.717) is 32.6 Å². The summed E-state index contributed by atoms with van der Waals surface area (Å²) in [4.78, 5) is 16.2. The molecule has 2 aliphatic heterocycles. The summed E-state index contributed by atoms with van der Waals surface area (Å²) in [6.45, 7) is 6.37.